The molecule has 0 saturated carbocycles. The highest BCUT2D eigenvalue weighted by atomic mass is 19.1. The fourth-order valence-corrected chi connectivity index (χ4v) is 2.36. The lowest BCUT2D eigenvalue weighted by atomic mass is 9.94. The van der Waals surface area contributed by atoms with Crippen LogP contribution in [0, 0.1) is 5.82 Å². The Bertz CT molecular complexity index is 605. The van der Waals surface area contributed by atoms with Crippen LogP contribution in [0.1, 0.15) is 28.6 Å². The minimum absolute atomic E-state index is 0.0322. The largest absolute Gasteiger partial charge is 0.330 e. The summed E-state index contributed by atoms with van der Waals surface area (Å²) in [4.78, 5) is 18.2. The second-order valence-corrected chi connectivity index (χ2v) is 4.72. The number of aromatic nitrogens is 2. The molecule has 5 heteroatoms. The number of hydrogen-bond donors (Lipinski definition) is 0. The summed E-state index contributed by atoms with van der Waals surface area (Å²) in [6.45, 7) is 0.716. The van der Waals surface area contributed by atoms with Crippen molar-refractivity contribution in [1.29, 1.82) is 0 Å². The normalized spacial score (nSPS) is 18.2. The molecule has 2 heterocycles. The molecular formula is C14H14FN3O. The molecule has 19 heavy (non-hydrogen) atoms. The number of carbonyl (C=O) groups excluding carboxylic acids is 1. The Balaban J connectivity index is 1.81. The Morgan fingerprint density at radius 2 is 2.11 bits per heavy atom. The molecule has 1 aromatic heterocycles. The highest BCUT2D eigenvalue weighted by Crippen LogP contribution is 2.34. The molecular weight excluding hydrogens is 245 g/mol. The molecule has 1 aromatic carbocycles. The fourth-order valence-electron chi connectivity index (χ4n) is 2.36. The molecule has 1 aliphatic heterocycles. The quantitative estimate of drug-likeness (QED) is 0.828. The number of nitrogens with zero attached hydrogens (tertiary/aromatic N) is 3. The van der Waals surface area contributed by atoms with Crippen molar-refractivity contribution in [1.82, 2.24) is 14.5 Å². The summed E-state index contributed by atoms with van der Waals surface area (Å²) in [7, 11) is 1.80. The van der Waals surface area contributed by atoms with Gasteiger partial charge in [0.25, 0.3) is 5.91 Å². The molecule has 0 bridgehead atoms. The molecule has 2 aromatic rings. The van der Waals surface area contributed by atoms with Crippen LogP contribution in [0.2, 0.25) is 0 Å². The van der Waals surface area contributed by atoms with Crippen LogP contribution in [-0.2, 0) is 7.05 Å². The molecule has 4 nitrogen and oxygen atoms in total. The Hall–Kier alpha value is -2.17. The number of likely N-dealkylation sites (tertiary alicyclic amines) is 1. The maximum absolute atomic E-state index is 12.9. The molecule has 0 N–H and O–H groups in total. The molecule has 0 aliphatic carbocycles. The van der Waals surface area contributed by atoms with E-state index in [2.05, 4.69) is 4.98 Å². The van der Waals surface area contributed by atoms with Crippen LogP contribution in [0.25, 0.3) is 0 Å². The van der Waals surface area contributed by atoms with Crippen LogP contribution in [-0.4, -0.2) is 26.9 Å². The van der Waals surface area contributed by atoms with Gasteiger partial charge in [-0.1, -0.05) is 12.1 Å². The van der Waals surface area contributed by atoms with Crippen molar-refractivity contribution in [2.75, 3.05) is 6.54 Å². The van der Waals surface area contributed by atoms with E-state index in [0.717, 1.165) is 12.0 Å². The van der Waals surface area contributed by atoms with Gasteiger partial charge < -0.3 is 9.47 Å². The van der Waals surface area contributed by atoms with Crippen molar-refractivity contribution in [3.8, 4) is 0 Å². The number of hydrogen-bond acceptors (Lipinski definition) is 2. The minimum atomic E-state index is -0.259. The maximum atomic E-state index is 12.9. The molecule has 3 rings (SSSR count). The predicted molar refractivity (Wildman–Crippen MR) is 68.0 cm³/mol. The smallest absolute Gasteiger partial charge is 0.290 e. The SMILES string of the molecule is Cn1ccnc1C(=O)N1CCC1c1ccc(F)cc1. The van der Waals surface area contributed by atoms with Gasteiger partial charge in [-0.3, -0.25) is 4.79 Å². The number of imidazole rings is 1. The number of halogens is 1. The van der Waals surface area contributed by atoms with Gasteiger partial charge in [0.15, 0.2) is 5.82 Å². The lowest BCUT2D eigenvalue weighted by Crippen LogP contribution is -2.45. The first-order valence-corrected chi connectivity index (χ1v) is 6.20. The van der Waals surface area contributed by atoms with Crippen LogP contribution in [0.5, 0.6) is 0 Å². The van der Waals surface area contributed by atoms with E-state index in [9.17, 15) is 9.18 Å². The lowest BCUT2D eigenvalue weighted by Gasteiger charge is -2.41. The summed E-state index contributed by atoms with van der Waals surface area (Å²) in [5, 5.41) is 0. The summed E-state index contributed by atoms with van der Waals surface area (Å²) in [5.41, 5.74) is 0.968. The van der Waals surface area contributed by atoms with Gasteiger partial charge in [-0.05, 0) is 24.1 Å². The maximum Gasteiger partial charge on any atom is 0.290 e. The van der Waals surface area contributed by atoms with E-state index >= 15 is 0 Å². The first-order chi connectivity index (χ1) is 9.16. The first kappa shape index (κ1) is 11.9. The molecule has 0 radical (unpaired) electrons. The van der Waals surface area contributed by atoms with E-state index in [-0.39, 0.29) is 17.8 Å². The van der Waals surface area contributed by atoms with Gasteiger partial charge in [0.05, 0.1) is 6.04 Å². The van der Waals surface area contributed by atoms with Crippen molar-refractivity contribution < 1.29 is 9.18 Å². The van der Waals surface area contributed by atoms with Crippen LogP contribution >= 0.6 is 0 Å². The van der Waals surface area contributed by atoms with E-state index in [1.807, 2.05) is 0 Å². The zero-order chi connectivity index (χ0) is 13.4. The monoisotopic (exact) mass is 259 g/mol. The van der Waals surface area contributed by atoms with E-state index in [1.165, 1.54) is 12.1 Å². The summed E-state index contributed by atoms with van der Waals surface area (Å²) < 4.78 is 14.6. The Morgan fingerprint density at radius 1 is 1.37 bits per heavy atom. The molecule has 1 aliphatic rings. The molecule has 1 saturated heterocycles. The second kappa shape index (κ2) is 4.50. The summed E-state index contributed by atoms with van der Waals surface area (Å²) in [6.07, 6.45) is 4.27. The Kier molecular flexibility index (Phi) is 2.81. The number of rotatable bonds is 2. The standard InChI is InChI=1S/C14H14FN3O/c1-17-9-7-16-13(17)14(19)18-8-6-12(18)10-2-4-11(15)5-3-10/h2-5,7,9,12H,6,8H2,1H3. The van der Waals surface area contributed by atoms with Gasteiger partial charge in [-0.15, -0.1) is 0 Å². The summed E-state index contributed by atoms with van der Waals surface area (Å²) in [5.74, 6) is 0.102. The number of carbonyl (C=O) groups is 1. The molecule has 1 amide bonds. The number of benzene rings is 1. The van der Waals surface area contributed by atoms with Gasteiger partial charge in [0, 0.05) is 26.0 Å². The Morgan fingerprint density at radius 3 is 2.63 bits per heavy atom. The molecule has 98 valence electrons. The highest BCUT2D eigenvalue weighted by molar-refractivity contribution is 5.91. The van der Waals surface area contributed by atoms with Crippen molar-refractivity contribution in [3.63, 3.8) is 0 Å². The lowest BCUT2D eigenvalue weighted by molar-refractivity contribution is 0.0443. The third kappa shape index (κ3) is 2.01. The van der Waals surface area contributed by atoms with Gasteiger partial charge in [0.2, 0.25) is 0 Å². The summed E-state index contributed by atoms with van der Waals surface area (Å²) >= 11 is 0. The molecule has 1 unspecified atom stereocenters. The zero-order valence-electron chi connectivity index (χ0n) is 10.6. The highest BCUT2D eigenvalue weighted by Gasteiger charge is 2.35. The average molecular weight is 259 g/mol. The Labute approximate surface area is 110 Å². The van der Waals surface area contributed by atoms with E-state index in [4.69, 9.17) is 0 Å². The van der Waals surface area contributed by atoms with Crippen molar-refractivity contribution in [3.05, 3.63) is 53.9 Å². The van der Waals surface area contributed by atoms with Crippen molar-refractivity contribution in [2.45, 2.75) is 12.5 Å². The van der Waals surface area contributed by atoms with Gasteiger partial charge in [0.1, 0.15) is 5.82 Å². The van der Waals surface area contributed by atoms with E-state index in [0.29, 0.717) is 12.4 Å². The van der Waals surface area contributed by atoms with Gasteiger partial charge in [-0.2, -0.15) is 0 Å². The van der Waals surface area contributed by atoms with Gasteiger partial charge in [-0.25, -0.2) is 9.37 Å². The van der Waals surface area contributed by atoms with Crippen LogP contribution in [0.3, 0.4) is 0 Å². The zero-order valence-corrected chi connectivity index (χ0v) is 10.6. The van der Waals surface area contributed by atoms with Crippen LogP contribution in [0.4, 0.5) is 4.39 Å². The van der Waals surface area contributed by atoms with Crippen LogP contribution in [0.15, 0.2) is 36.7 Å². The van der Waals surface area contributed by atoms with Gasteiger partial charge >= 0.3 is 0 Å². The molecule has 1 atom stereocenters. The molecule has 1 fully saturated rings. The molecule has 0 spiro atoms. The van der Waals surface area contributed by atoms with E-state index < -0.39 is 0 Å². The average Bonchev–Trinajstić information content (AvgIpc) is 2.77. The number of amides is 1. The van der Waals surface area contributed by atoms with Crippen molar-refractivity contribution >= 4 is 5.91 Å². The topological polar surface area (TPSA) is 38.1 Å². The van der Waals surface area contributed by atoms with Crippen LogP contribution < -0.4 is 0 Å². The predicted octanol–water partition coefficient (Wildman–Crippen LogP) is 2.15. The number of aryl methyl sites for hydroxylation is 1. The minimum Gasteiger partial charge on any atom is -0.330 e. The third-order valence-corrected chi connectivity index (χ3v) is 3.55. The van der Waals surface area contributed by atoms with E-state index in [1.54, 1.807) is 41.0 Å². The third-order valence-electron chi connectivity index (χ3n) is 3.55. The fraction of sp³-hybridized carbons (Fsp3) is 0.286. The van der Waals surface area contributed by atoms with Crippen molar-refractivity contribution in [2.24, 2.45) is 7.05 Å². The first-order valence-electron chi connectivity index (χ1n) is 6.20. The summed E-state index contributed by atoms with van der Waals surface area (Å²) in [6, 6.07) is 6.36. The second-order valence-electron chi connectivity index (χ2n) is 4.72.